The minimum absolute atomic E-state index is 0.0854. The van der Waals surface area contributed by atoms with E-state index >= 15 is 0 Å². The lowest BCUT2D eigenvalue weighted by atomic mass is 10.1. The number of hydrogen-bond donors (Lipinski definition) is 2. The first kappa shape index (κ1) is 22.7. The summed E-state index contributed by atoms with van der Waals surface area (Å²) in [6.07, 6.45) is 0.146. The summed E-state index contributed by atoms with van der Waals surface area (Å²) in [6, 6.07) is 16.3. The molecule has 0 aliphatic carbocycles. The second kappa shape index (κ2) is 10.5. The lowest BCUT2D eigenvalue weighted by Gasteiger charge is -2.16. The SMILES string of the molecule is COc1ccc(NC(=O)CSc2nnc(NC(=O)C3CC(=O)N(c4ccccc4)C3)s2)cc1. The molecule has 170 valence electrons. The Morgan fingerprint density at radius 3 is 2.61 bits per heavy atom. The molecule has 2 N–H and O–H groups in total. The number of rotatable bonds is 8. The molecule has 2 heterocycles. The molecule has 1 atom stereocenters. The monoisotopic (exact) mass is 483 g/mol. The highest BCUT2D eigenvalue weighted by Gasteiger charge is 2.35. The van der Waals surface area contributed by atoms with Gasteiger partial charge in [0.05, 0.1) is 18.8 Å². The van der Waals surface area contributed by atoms with Gasteiger partial charge in [0, 0.05) is 24.3 Å². The highest BCUT2D eigenvalue weighted by atomic mass is 32.2. The van der Waals surface area contributed by atoms with E-state index in [0.717, 1.165) is 5.69 Å². The van der Waals surface area contributed by atoms with Crippen LogP contribution in [0.3, 0.4) is 0 Å². The Balaban J connectivity index is 1.25. The fourth-order valence-electron chi connectivity index (χ4n) is 3.27. The van der Waals surface area contributed by atoms with E-state index in [1.54, 1.807) is 36.3 Å². The lowest BCUT2D eigenvalue weighted by molar-refractivity contribution is -0.122. The van der Waals surface area contributed by atoms with Crippen LogP contribution in [0.1, 0.15) is 6.42 Å². The van der Waals surface area contributed by atoms with E-state index < -0.39 is 5.92 Å². The minimum atomic E-state index is -0.465. The summed E-state index contributed by atoms with van der Waals surface area (Å²) in [5, 5.41) is 13.9. The molecule has 3 amide bonds. The molecule has 33 heavy (non-hydrogen) atoms. The maximum absolute atomic E-state index is 12.6. The molecule has 1 fully saturated rings. The third kappa shape index (κ3) is 5.88. The highest BCUT2D eigenvalue weighted by Crippen LogP contribution is 2.28. The van der Waals surface area contributed by atoms with Crippen molar-refractivity contribution < 1.29 is 19.1 Å². The van der Waals surface area contributed by atoms with Crippen molar-refractivity contribution in [3.63, 3.8) is 0 Å². The molecule has 1 unspecified atom stereocenters. The molecule has 1 aliphatic rings. The topological polar surface area (TPSA) is 114 Å². The third-order valence-electron chi connectivity index (χ3n) is 4.90. The van der Waals surface area contributed by atoms with E-state index in [0.29, 0.717) is 27.5 Å². The first-order chi connectivity index (χ1) is 16.0. The van der Waals surface area contributed by atoms with Gasteiger partial charge in [0.1, 0.15) is 5.75 Å². The number of para-hydroxylation sites is 1. The van der Waals surface area contributed by atoms with E-state index in [-0.39, 0.29) is 29.9 Å². The van der Waals surface area contributed by atoms with Crippen LogP contribution in [0.2, 0.25) is 0 Å². The number of amides is 3. The standard InChI is InChI=1S/C22H21N5O4S2/c1-31-17-9-7-15(8-10-17)23-18(28)13-32-22-26-25-21(33-22)24-20(30)14-11-19(29)27(12-14)16-5-3-2-4-6-16/h2-10,14H,11-13H2,1H3,(H,23,28)(H,24,25,30). The van der Waals surface area contributed by atoms with E-state index in [1.807, 2.05) is 30.3 Å². The van der Waals surface area contributed by atoms with Crippen molar-refractivity contribution >= 4 is 57.3 Å². The van der Waals surface area contributed by atoms with Crippen LogP contribution in [-0.2, 0) is 14.4 Å². The number of hydrogen-bond acceptors (Lipinski definition) is 8. The van der Waals surface area contributed by atoms with Crippen LogP contribution in [-0.4, -0.2) is 47.3 Å². The molecule has 2 aromatic carbocycles. The predicted octanol–water partition coefficient (Wildman–Crippen LogP) is 3.27. The van der Waals surface area contributed by atoms with Gasteiger partial charge in [-0.2, -0.15) is 0 Å². The smallest absolute Gasteiger partial charge is 0.234 e. The fourth-order valence-corrected chi connectivity index (χ4v) is 4.82. The number of ether oxygens (including phenoxy) is 1. The van der Waals surface area contributed by atoms with Gasteiger partial charge in [0.2, 0.25) is 22.9 Å². The Labute approximate surface area is 198 Å². The molecule has 0 bridgehead atoms. The van der Waals surface area contributed by atoms with E-state index in [2.05, 4.69) is 20.8 Å². The van der Waals surface area contributed by atoms with Gasteiger partial charge in [0.15, 0.2) is 4.34 Å². The number of thioether (sulfide) groups is 1. The summed E-state index contributed by atoms with van der Waals surface area (Å²) in [7, 11) is 1.58. The van der Waals surface area contributed by atoms with Gasteiger partial charge in [-0.05, 0) is 36.4 Å². The fraction of sp³-hybridized carbons (Fsp3) is 0.227. The van der Waals surface area contributed by atoms with Crippen molar-refractivity contribution in [2.24, 2.45) is 5.92 Å². The molecule has 9 nitrogen and oxygen atoms in total. The molecular formula is C22H21N5O4S2. The minimum Gasteiger partial charge on any atom is -0.497 e. The van der Waals surface area contributed by atoms with Crippen molar-refractivity contribution in [3.05, 3.63) is 54.6 Å². The van der Waals surface area contributed by atoms with Crippen molar-refractivity contribution in [1.29, 1.82) is 0 Å². The molecule has 4 rings (SSSR count). The lowest BCUT2D eigenvalue weighted by Crippen LogP contribution is -2.28. The zero-order chi connectivity index (χ0) is 23.2. The summed E-state index contributed by atoms with van der Waals surface area (Å²) in [6.45, 7) is 0.320. The van der Waals surface area contributed by atoms with Gasteiger partial charge in [0.25, 0.3) is 0 Å². The maximum Gasteiger partial charge on any atom is 0.234 e. The number of carbonyl (C=O) groups excluding carboxylic acids is 3. The second-order valence-electron chi connectivity index (χ2n) is 7.17. The third-order valence-corrected chi connectivity index (χ3v) is 6.87. The molecule has 1 aromatic heterocycles. The molecular weight excluding hydrogens is 462 g/mol. The Bertz CT molecular complexity index is 1140. The quantitative estimate of drug-likeness (QED) is 0.373. The van der Waals surface area contributed by atoms with E-state index in [9.17, 15) is 14.4 Å². The van der Waals surface area contributed by atoms with E-state index in [1.165, 1.54) is 23.1 Å². The second-order valence-corrected chi connectivity index (χ2v) is 9.37. The van der Waals surface area contributed by atoms with Crippen LogP contribution in [0, 0.1) is 5.92 Å². The Hall–Kier alpha value is -3.44. The maximum atomic E-state index is 12.6. The number of nitrogens with zero attached hydrogens (tertiary/aromatic N) is 3. The summed E-state index contributed by atoms with van der Waals surface area (Å²) in [4.78, 5) is 38.7. The summed E-state index contributed by atoms with van der Waals surface area (Å²) < 4.78 is 5.65. The average Bonchev–Trinajstić information content (AvgIpc) is 3.45. The largest absolute Gasteiger partial charge is 0.497 e. The van der Waals surface area contributed by atoms with Crippen LogP contribution in [0.5, 0.6) is 5.75 Å². The van der Waals surface area contributed by atoms with Gasteiger partial charge >= 0.3 is 0 Å². The molecule has 11 heteroatoms. The zero-order valence-electron chi connectivity index (χ0n) is 17.7. The first-order valence-electron chi connectivity index (χ1n) is 10.1. The van der Waals surface area contributed by atoms with Gasteiger partial charge in [-0.1, -0.05) is 41.3 Å². The normalized spacial score (nSPS) is 15.4. The number of benzene rings is 2. The van der Waals surface area contributed by atoms with Crippen LogP contribution in [0.4, 0.5) is 16.5 Å². The first-order valence-corrected chi connectivity index (χ1v) is 11.9. The molecule has 1 aliphatic heterocycles. The Kier molecular flexibility index (Phi) is 7.20. The van der Waals surface area contributed by atoms with Gasteiger partial charge in [-0.3, -0.25) is 14.4 Å². The number of carbonyl (C=O) groups is 3. The van der Waals surface area contributed by atoms with Crippen molar-refractivity contribution in [2.45, 2.75) is 10.8 Å². The number of anilines is 3. The summed E-state index contributed by atoms with van der Waals surface area (Å²) in [5.41, 5.74) is 1.45. The summed E-state index contributed by atoms with van der Waals surface area (Å²) >= 11 is 2.41. The van der Waals surface area contributed by atoms with Gasteiger partial charge < -0.3 is 20.3 Å². The molecule has 0 radical (unpaired) electrons. The van der Waals surface area contributed by atoms with Gasteiger partial charge in [-0.25, -0.2) is 0 Å². The Morgan fingerprint density at radius 1 is 1.12 bits per heavy atom. The highest BCUT2D eigenvalue weighted by molar-refractivity contribution is 8.01. The number of methoxy groups -OCH3 is 1. The number of aromatic nitrogens is 2. The van der Waals surface area contributed by atoms with Crippen LogP contribution in [0.25, 0.3) is 0 Å². The predicted molar refractivity (Wildman–Crippen MR) is 128 cm³/mol. The van der Waals surface area contributed by atoms with Crippen molar-refractivity contribution in [3.8, 4) is 5.75 Å². The molecule has 0 spiro atoms. The van der Waals surface area contributed by atoms with Crippen LogP contribution >= 0.6 is 23.1 Å². The molecule has 3 aromatic rings. The molecule has 1 saturated heterocycles. The Morgan fingerprint density at radius 2 is 1.88 bits per heavy atom. The zero-order valence-corrected chi connectivity index (χ0v) is 19.3. The number of nitrogens with one attached hydrogen (secondary N) is 2. The van der Waals surface area contributed by atoms with Crippen molar-refractivity contribution in [1.82, 2.24) is 10.2 Å². The van der Waals surface area contributed by atoms with Crippen LogP contribution in [0.15, 0.2) is 58.9 Å². The summed E-state index contributed by atoms with van der Waals surface area (Å²) in [5.74, 6) is -0.146. The van der Waals surface area contributed by atoms with E-state index in [4.69, 9.17) is 4.74 Å². The van der Waals surface area contributed by atoms with Gasteiger partial charge in [-0.15, -0.1) is 10.2 Å². The average molecular weight is 484 g/mol. The van der Waals surface area contributed by atoms with Crippen molar-refractivity contribution in [2.75, 3.05) is 34.9 Å². The van der Waals surface area contributed by atoms with Crippen LogP contribution < -0.4 is 20.3 Å². The molecule has 0 saturated carbocycles.